The molecule has 0 radical (unpaired) electrons. The van der Waals surface area contributed by atoms with Crippen molar-refractivity contribution in [2.75, 3.05) is 0 Å². The third-order valence-corrected chi connectivity index (χ3v) is 4.58. The molecule has 0 aliphatic carbocycles. The van der Waals surface area contributed by atoms with Gasteiger partial charge < -0.3 is 0 Å². The topological polar surface area (TPSA) is 17.1 Å². The number of aldehydes is 1. The predicted molar refractivity (Wildman–Crippen MR) is 74.8 cm³/mol. The normalized spacial score (nSPS) is 10.2. The standard InChI is InChI=1S/C14H11BrOS/c1-10-4-2-3-5-13(10)17-14-7-6-11(9-16)8-12(14)15/h2-9H,1H3. The Morgan fingerprint density at radius 3 is 2.53 bits per heavy atom. The van der Waals surface area contributed by atoms with Crippen LogP contribution in [0.2, 0.25) is 0 Å². The Bertz CT molecular complexity index is 552. The summed E-state index contributed by atoms with van der Waals surface area (Å²) in [6.07, 6.45) is 0.854. The van der Waals surface area contributed by atoms with Gasteiger partial charge in [0.05, 0.1) is 0 Å². The van der Waals surface area contributed by atoms with Gasteiger partial charge in [-0.15, -0.1) is 0 Å². The van der Waals surface area contributed by atoms with E-state index >= 15 is 0 Å². The fourth-order valence-corrected chi connectivity index (χ4v) is 3.01. The molecule has 0 amide bonds. The van der Waals surface area contributed by atoms with Gasteiger partial charge in [-0.25, -0.2) is 0 Å². The summed E-state index contributed by atoms with van der Waals surface area (Å²) < 4.78 is 0.954. The van der Waals surface area contributed by atoms with E-state index in [2.05, 4.69) is 35.0 Å². The number of aryl methyl sites for hydroxylation is 1. The molecule has 0 aliphatic heterocycles. The van der Waals surface area contributed by atoms with E-state index in [-0.39, 0.29) is 0 Å². The van der Waals surface area contributed by atoms with Crippen LogP contribution >= 0.6 is 27.7 Å². The van der Waals surface area contributed by atoms with Gasteiger partial charge in [0.1, 0.15) is 6.29 Å². The lowest BCUT2D eigenvalue weighted by Gasteiger charge is -2.07. The molecule has 0 fully saturated rings. The largest absolute Gasteiger partial charge is 0.298 e. The second kappa shape index (κ2) is 5.52. The summed E-state index contributed by atoms with van der Waals surface area (Å²) in [4.78, 5) is 13.0. The van der Waals surface area contributed by atoms with Crippen molar-refractivity contribution in [3.63, 3.8) is 0 Å². The highest BCUT2D eigenvalue weighted by molar-refractivity contribution is 9.10. The molecular weight excluding hydrogens is 296 g/mol. The SMILES string of the molecule is Cc1ccccc1Sc1ccc(C=O)cc1Br. The first kappa shape index (κ1) is 12.4. The van der Waals surface area contributed by atoms with Crippen LogP contribution in [0.5, 0.6) is 0 Å². The van der Waals surface area contributed by atoms with E-state index in [1.807, 2.05) is 30.3 Å². The van der Waals surface area contributed by atoms with Crippen LogP contribution in [0.3, 0.4) is 0 Å². The molecule has 2 rings (SSSR count). The number of rotatable bonds is 3. The Morgan fingerprint density at radius 2 is 1.88 bits per heavy atom. The number of halogens is 1. The van der Waals surface area contributed by atoms with Gasteiger partial charge in [0, 0.05) is 19.8 Å². The summed E-state index contributed by atoms with van der Waals surface area (Å²) >= 11 is 5.19. The Hall–Kier alpha value is -1.06. The third-order valence-electron chi connectivity index (χ3n) is 2.41. The van der Waals surface area contributed by atoms with Crippen molar-refractivity contribution >= 4 is 34.0 Å². The minimum absolute atomic E-state index is 0.686. The van der Waals surface area contributed by atoms with Crippen LogP contribution in [-0.2, 0) is 0 Å². The first-order valence-corrected chi connectivity index (χ1v) is 6.80. The van der Waals surface area contributed by atoms with Crippen LogP contribution in [0.25, 0.3) is 0 Å². The number of carbonyl (C=O) groups excluding carboxylic acids is 1. The molecule has 2 aromatic carbocycles. The van der Waals surface area contributed by atoms with Gasteiger partial charge >= 0.3 is 0 Å². The molecular formula is C14H11BrOS. The van der Waals surface area contributed by atoms with Crippen LogP contribution in [0.15, 0.2) is 56.7 Å². The maximum absolute atomic E-state index is 10.7. The molecule has 0 spiro atoms. The Balaban J connectivity index is 2.31. The van der Waals surface area contributed by atoms with Crippen LogP contribution < -0.4 is 0 Å². The summed E-state index contributed by atoms with van der Waals surface area (Å²) in [6.45, 7) is 2.09. The Kier molecular flexibility index (Phi) is 4.02. The number of hydrogen-bond acceptors (Lipinski definition) is 2. The molecule has 0 saturated heterocycles. The summed E-state index contributed by atoms with van der Waals surface area (Å²) in [5.74, 6) is 0. The van der Waals surface area contributed by atoms with E-state index in [4.69, 9.17) is 0 Å². The average Bonchev–Trinajstić information content (AvgIpc) is 2.34. The van der Waals surface area contributed by atoms with Crippen molar-refractivity contribution in [1.29, 1.82) is 0 Å². The fourth-order valence-electron chi connectivity index (χ4n) is 1.46. The summed E-state index contributed by atoms with van der Waals surface area (Å²) in [5.41, 5.74) is 1.94. The quantitative estimate of drug-likeness (QED) is 0.763. The van der Waals surface area contributed by atoms with E-state index in [0.717, 1.165) is 15.7 Å². The van der Waals surface area contributed by atoms with E-state index < -0.39 is 0 Å². The van der Waals surface area contributed by atoms with Crippen molar-refractivity contribution in [2.24, 2.45) is 0 Å². The Morgan fingerprint density at radius 1 is 1.12 bits per heavy atom. The molecule has 3 heteroatoms. The highest BCUT2D eigenvalue weighted by Gasteiger charge is 2.05. The van der Waals surface area contributed by atoms with Crippen LogP contribution in [0.4, 0.5) is 0 Å². The van der Waals surface area contributed by atoms with Crippen LogP contribution in [0.1, 0.15) is 15.9 Å². The van der Waals surface area contributed by atoms with Gasteiger partial charge in [0.2, 0.25) is 0 Å². The molecule has 0 aliphatic rings. The maximum Gasteiger partial charge on any atom is 0.150 e. The summed E-state index contributed by atoms with van der Waals surface area (Å²) in [7, 11) is 0. The summed E-state index contributed by atoms with van der Waals surface area (Å²) in [6, 6.07) is 13.9. The van der Waals surface area contributed by atoms with Gasteiger partial charge in [-0.3, -0.25) is 4.79 Å². The highest BCUT2D eigenvalue weighted by Crippen LogP contribution is 2.35. The zero-order chi connectivity index (χ0) is 12.3. The first-order valence-electron chi connectivity index (χ1n) is 5.19. The zero-order valence-corrected chi connectivity index (χ0v) is 11.7. The van der Waals surface area contributed by atoms with Gasteiger partial charge in [-0.1, -0.05) is 36.0 Å². The molecule has 17 heavy (non-hydrogen) atoms. The fraction of sp³-hybridized carbons (Fsp3) is 0.0714. The van der Waals surface area contributed by atoms with E-state index in [0.29, 0.717) is 5.56 Å². The lowest BCUT2D eigenvalue weighted by Crippen LogP contribution is -1.83. The van der Waals surface area contributed by atoms with Crippen molar-refractivity contribution in [2.45, 2.75) is 16.7 Å². The van der Waals surface area contributed by atoms with Crippen molar-refractivity contribution in [3.8, 4) is 0 Å². The van der Waals surface area contributed by atoms with Gasteiger partial charge in [-0.2, -0.15) is 0 Å². The third kappa shape index (κ3) is 2.99. The lowest BCUT2D eigenvalue weighted by molar-refractivity contribution is 0.112. The molecule has 0 unspecified atom stereocenters. The number of hydrogen-bond donors (Lipinski definition) is 0. The van der Waals surface area contributed by atoms with E-state index in [1.54, 1.807) is 11.8 Å². The highest BCUT2D eigenvalue weighted by atomic mass is 79.9. The minimum atomic E-state index is 0.686. The van der Waals surface area contributed by atoms with E-state index in [1.165, 1.54) is 10.5 Å². The molecule has 0 heterocycles. The molecule has 86 valence electrons. The van der Waals surface area contributed by atoms with Gasteiger partial charge in [0.25, 0.3) is 0 Å². The molecule has 0 atom stereocenters. The van der Waals surface area contributed by atoms with E-state index in [9.17, 15) is 4.79 Å². The van der Waals surface area contributed by atoms with Crippen molar-refractivity contribution in [3.05, 3.63) is 58.1 Å². The summed E-state index contributed by atoms with van der Waals surface area (Å²) in [5, 5.41) is 0. The maximum atomic E-state index is 10.7. The lowest BCUT2D eigenvalue weighted by atomic mass is 10.2. The molecule has 0 N–H and O–H groups in total. The molecule has 2 aromatic rings. The predicted octanol–water partition coefficient (Wildman–Crippen LogP) is 4.72. The second-order valence-electron chi connectivity index (χ2n) is 3.68. The second-order valence-corrected chi connectivity index (χ2v) is 5.61. The molecule has 0 aromatic heterocycles. The monoisotopic (exact) mass is 306 g/mol. The van der Waals surface area contributed by atoms with Crippen molar-refractivity contribution < 1.29 is 4.79 Å². The Labute approximate surface area is 113 Å². The van der Waals surface area contributed by atoms with Crippen LogP contribution in [0, 0.1) is 6.92 Å². The smallest absolute Gasteiger partial charge is 0.150 e. The number of carbonyl (C=O) groups is 1. The van der Waals surface area contributed by atoms with Gasteiger partial charge in [-0.05, 0) is 46.6 Å². The first-order chi connectivity index (χ1) is 8.20. The molecule has 1 nitrogen and oxygen atoms in total. The average molecular weight is 307 g/mol. The zero-order valence-electron chi connectivity index (χ0n) is 9.31. The molecule has 0 saturated carbocycles. The minimum Gasteiger partial charge on any atom is -0.298 e. The van der Waals surface area contributed by atoms with Gasteiger partial charge in [0.15, 0.2) is 0 Å². The van der Waals surface area contributed by atoms with Crippen molar-refractivity contribution in [1.82, 2.24) is 0 Å². The van der Waals surface area contributed by atoms with Crippen LogP contribution in [-0.4, -0.2) is 6.29 Å². The molecule has 0 bridgehead atoms. The number of benzene rings is 2.